The van der Waals surface area contributed by atoms with Gasteiger partial charge in [0.25, 0.3) is 0 Å². The zero-order valence-corrected chi connectivity index (χ0v) is 18.1. The van der Waals surface area contributed by atoms with Crippen LogP contribution >= 0.6 is 0 Å². The van der Waals surface area contributed by atoms with Crippen molar-refractivity contribution in [2.75, 3.05) is 13.2 Å². The molecule has 0 aromatic heterocycles. The fourth-order valence-electron chi connectivity index (χ4n) is 2.92. The van der Waals surface area contributed by atoms with Crippen molar-refractivity contribution >= 4 is 0 Å². The number of benzene rings is 2. The molecule has 0 spiro atoms. The number of ether oxygens (including phenoxy) is 4. The molecule has 0 saturated heterocycles. The second kappa shape index (κ2) is 11.3. The Bertz CT molecular complexity index is 795. The number of rotatable bonds is 13. The maximum absolute atomic E-state index is 14.0. The van der Waals surface area contributed by atoms with Crippen molar-refractivity contribution < 1.29 is 23.3 Å². The standard InChI is InChI=1S/C25H31FO4/c1-6-25(4,5)21-9-11-23(12-10-21)29-13-14-30-24-19(17-27-7-2)15-22(26)16-20(24)18-28-8-3/h7-12,15-16H,2-3,6,13-14,17-18H2,1,4-5H3. The second-order valence-electron chi connectivity index (χ2n) is 7.47. The van der Waals surface area contributed by atoms with Gasteiger partial charge in [-0.05, 0) is 41.7 Å². The van der Waals surface area contributed by atoms with Crippen molar-refractivity contribution in [3.8, 4) is 11.5 Å². The minimum absolute atomic E-state index is 0.137. The quantitative estimate of drug-likeness (QED) is 0.285. The van der Waals surface area contributed by atoms with Crippen LogP contribution in [0.15, 0.2) is 62.1 Å². The van der Waals surface area contributed by atoms with Crippen LogP contribution in [-0.4, -0.2) is 13.2 Å². The summed E-state index contributed by atoms with van der Waals surface area (Å²) in [7, 11) is 0. The lowest BCUT2D eigenvalue weighted by Crippen LogP contribution is -2.15. The molecule has 5 heteroatoms. The molecule has 0 N–H and O–H groups in total. The Morgan fingerprint density at radius 1 is 0.900 bits per heavy atom. The van der Waals surface area contributed by atoms with Crippen molar-refractivity contribution in [1.82, 2.24) is 0 Å². The van der Waals surface area contributed by atoms with E-state index in [9.17, 15) is 4.39 Å². The lowest BCUT2D eigenvalue weighted by atomic mass is 9.82. The maximum Gasteiger partial charge on any atom is 0.132 e. The number of hydrogen-bond donors (Lipinski definition) is 0. The van der Waals surface area contributed by atoms with E-state index in [1.54, 1.807) is 0 Å². The van der Waals surface area contributed by atoms with Crippen LogP contribution in [0.3, 0.4) is 0 Å². The minimum atomic E-state index is -0.390. The number of halogens is 1. The highest BCUT2D eigenvalue weighted by Gasteiger charge is 2.17. The first-order valence-corrected chi connectivity index (χ1v) is 10.0. The Balaban J connectivity index is 2.02. The minimum Gasteiger partial charge on any atom is -0.497 e. The van der Waals surface area contributed by atoms with Crippen LogP contribution in [0.4, 0.5) is 4.39 Å². The molecule has 0 aliphatic heterocycles. The van der Waals surface area contributed by atoms with Gasteiger partial charge < -0.3 is 18.9 Å². The molecular formula is C25H31FO4. The topological polar surface area (TPSA) is 36.9 Å². The molecule has 0 unspecified atom stereocenters. The smallest absolute Gasteiger partial charge is 0.132 e. The highest BCUT2D eigenvalue weighted by molar-refractivity contribution is 5.42. The molecule has 2 rings (SSSR count). The van der Waals surface area contributed by atoms with E-state index in [0.717, 1.165) is 12.2 Å². The molecule has 162 valence electrons. The molecule has 0 atom stereocenters. The summed E-state index contributed by atoms with van der Waals surface area (Å²) < 4.78 is 36.1. The molecule has 4 nitrogen and oxygen atoms in total. The molecule has 0 bridgehead atoms. The zero-order valence-electron chi connectivity index (χ0n) is 18.1. The van der Waals surface area contributed by atoms with Gasteiger partial charge in [0.2, 0.25) is 0 Å². The Hall–Kier alpha value is -2.95. The van der Waals surface area contributed by atoms with E-state index in [0.29, 0.717) is 23.5 Å². The van der Waals surface area contributed by atoms with Crippen molar-refractivity contribution in [2.45, 2.75) is 45.8 Å². The summed E-state index contributed by atoms with van der Waals surface area (Å²) >= 11 is 0. The predicted molar refractivity (Wildman–Crippen MR) is 117 cm³/mol. The third kappa shape index (κ3) is 6.55. The molecule has 0 aliphatic carbocycles. The molecule has 30 heavy (non-hydrogen) atoms. The second-order valence-corrected chi connectivity index (χ2v) is 7.47. The Morgan fingerprint density at radius 3 is 1.93 bits per heavy atom. The van der Waals surface area contributed by atoms with Crippen LogP contribution in [0.5, 0.6) is 11.5 Å². The highest BCUT2D eigenvalue weighted by Crippen LogP contribution is 2.29. The first kappa shape index (κ1) is 23.3. The third-order valence-corrected chi connectivity index (χ3v) is 5.04. The molecule has 0 heterocycles. The van der Waals surface area contributed by atoms with Crippen molar-refractivity contribution in [3.05, 3.63) is 84.6 Å². The maximum atomic E-state index is 14.0. The summed E-state index contributed by atoms with van der Waals surface area (Å²) in [5.74, 6) is 0.904. The van der Waals surface area contributed by atoms with Crippen LogP contribution in [0.25, 0.3) is 0 Å². The normalized spacial score (nSPS) is 10.9. The summed E-state index contributed by atoms with van der Waals surface area (Å²) in [5, 5.41) is 0. The van der Waals surface area contributed by atoms with Gasteiger partial charge in [-0.2, -0.15) is 0 Å². The first-order valence-electron chi connectivity index (χ1n) is 10.0. The van der Waals surface area contributed by atoms with E-state index in [1.165, 1.54) is 30.2 Å². The molecule has 0 amide bonds. The van der Waals surface area contributed by atoms with Gasteiger partial charge in [0.15, 0.2) is 0 Å². The predicted octanol–water partition coefficient (Wildman–Crippen LogP) is 6.29. The van der Waals surface area contributed by atoms with Crippen molar-refractivity contribution in [3.63, 3.8) is 0 Å². The summed E-state index contributed by atoms with van der Waals surface area (Å²) in [6.45, 7) is 14.6. The van der Waals surface area contributed by atoms with Gasteiger partial charge in [-0.1, -0.05) is 46.1 Å². The molecule has 0 radical (unpaired) electrons. The van der Waals surface area contributed by atoms with E-state index >= 15 is 0 Å². The van der Waals surface area contributed by atoms with Gasteiger partial charge in [-0.15, -0.1) is 0 Å². The summed E-state index contributed by atoms with van der Waals surface area (Å²) in [4.78, 5) is 0. The van der Waals surface area contributed by atoms with Gasteiger partial charge in [-0.3, -0.25) is 0 Å². The van der Waals surface area contributed by atoms with Gasteiger partial charge >= 0.3 is 0 Å². The monoisotopic (exact) mass is 414 g/mol. The van der Waals surface area contributed by atoms with E-state index in [1.807, 2.05) is 12.1 Å². The lowest BCUT2D eigenvalue weighted by molar-refractivity contribution is 0.192. The van der Waals surface area contributed by atoms with Crippen molar-refractivity contribution in [1.29, 1.82) is 0 Å². The molecule has 2 aromatic rings. The highest BCUT2D eigenvalue weighted by atomic mass is 19.1. The first-order chi connectivity index (χ1) is 14.4. The Kier molecular flexibility index (Phi) is 8.78. The van der Waals surface area contributed by atoms with Crippen LogP contribution in [0.2, 0.25) is 0 Å². The number of hydrogen-bond acceptors (Lipinski definition) is 4. The molecule has 2 aromatic carbocycles. The third-order valence-electron chi connectivity index (χ3n) is 5.04. The van der Waals surface area contributed by atoms with Gasteiger partial charge in [0.1, 0.15) is 43.7 Å². The molecule has 0 aliphatic rings. The SMILES string of the molecule is C=COCc1cc(F)cc(COC=C)c1OCCOc1ccc(C(C)(C)CC)cc1. The fourth-order valence-corrected chi connectivity index (χ4v) is 2.92. The lowest BCUT2D eigenvalue weighted by Gasteiger charge is -2.23. The summed E-state index contributed by atoms with van der Waals surface area (Å²) in [6, 6.07) is 10.9. The van der Waals surface area contributed by atoms with E-state index in [-0.39, 0.29) is 31.1 Å². The average Bonchev–Trinajstić information content (AvgIpc) is 2.74. The molecular weight excluding hydrogens is 383 g/mol. The van der Waals surface area contributed by atoms with E-state index in [4.69, 9.17) is 18.9 Å². The summed E-state index contributed by atoms with van der Waals surface area (Å²) in [6.07, 6.45) is 3.68. The van der Waals surface area contributed by atoms with Crippen LogP contribution in [-0.2, 0) is 28.1 Å². The molecule has 0 fully saturated rings. The van der Waals surface area contributed by atoms with Gasteiger partial charge in [0, 0.05) is 11.1 Å². The van der Waals surface area contributed by atoms with Gasteiger partial charge in [-0.25, -0.2) is 4.39 Å². The van der Waals surface area contributed by atoms with Crippen LogP contribution in [0.1, 0.15) is 43.9 Å². The fraction of sp³-hybridized carbons (Fsp3) is 0.360. The Morgan fingerprint density at radius 2 is 1.43 bits per heavy atom. The average molecular weight is 415 g/mol. The zero-order chi connectivity index (χ0) is 22.0. The van der Waals surface area contributed by atoms with Crippen LogP contribution in [0, 0.1) is 5.82 Å². The Labute approximate surface area is 178 Å². The largest absolute Gasteiger partial charge is 0.497 e. The van der Waals surface area contributed by atoms with Crippen LogP contribution < -0.4 is 9.47 Å². The van der Waals surface area contributed by atoms with E-state index < -0.39 is 0 Å². The molecule has 0 saturated carbocycles. The van der Waals surface area contributed by atoms with E-state index in [2.05, 4.69) is 46.1 Å². The van der Waals surface area contributed by atoms with Gasteiger partial charge in [0.05, 0.1) is 12.5 Å². The van der Waals surface area contributed by atoms with Crippen molar-refractivity contribution in [2.24, 2.45) is 0 Å². The summed E-state index contributed by atoms with van der Waals surface area (Å²) in [5.41, 5.74) is 2.56.